The standard InChI is InChI=1S/C23H30N4O4/c1-13-21(28)25-24-20-12-30-19-9-17(15-5-6-15)16(8-18(19)27(13)20)7-14-10-26(11-14)22(29)31-23(2,3)4/h8-9,13-15H,5-7,10-12H2,1-4H3,(H,25,28)/t13-/m1/s1. The zero-order valence-corrected chi connectivity index (χ0v) is 18.6. The summed E-state index contributed by atoms with van der Waals surface area (Å²) in [7, 11) is 0. The number of hydrogen-bond acceptors (Lipinski definition) is 6. The minimum Gasteiger partial charge on any atom is -0.483 e. The Morgan fingerprint density at radius 3 is 2.71 bits per heavy atom. The number of nitrogens with zero attached hydrogens (tertiary/aromatic N) is 3. The van der Waals surface area contributed by atoms with Crippen molar-refractivity contribution >= 4 is 23.5 Å². The Balaban J connectivity index is 1.36. The Morgan fingerprint density at radius 2 is 2.03 bits per heavy atom. The van der Waals surface area contributed by atoms with E-state index < -0.39 is 5.60 Å². The maximum atomic E-state index is 12.3. The fourth-order valence-corrected chi connectivity index (χ4v) is 4.57. The highest BCUT2D eigenvalue weighted by molar-refractivity contribution is 6.09. The molecule has 31 heavy (non-hydrogen) atoms. The largest absolute Gasteiger partial charge is 0.483 e. The Bertz CT molecular complexity index is 957. The topological polar surface area (TPSA) is 83.5 Å². The highest BCUT2D eigenvalue weighted by Crippen LogP contribution is 2.47. The molecule has 1 atom stereocenters. The van der Waals surface area contributed by atoms with Crippen LogP contribution in [0.4, 0.5) is 10.5 Å². The third-order valence-electron chi connectivity index (χ3n) is 6.31. The number of hydrogen-bond donors (Lipinski definition) is 1. The van der Waals surface area contributed by atoms with Crippen LogP contribution in [0.5, 0.6) is 5.75 Å². The lowest BCUT2D eigenvalue weighted by Gasteiger charge is -2.41. The number of carbonyl (C=O) groups excluding carboxylic acids is 2. The van der Waals surface area contributed by atoms with Gasteiger partial charge in [-0.25, -0.2) is 10.2 Å². The highest BCUT2D eigenvalue weighted by Gasteiger charge is 2.39. The number of amides is 2. The minimum atomic E-state index is -0.476. The number of anilines is 1. The van der Waals surface area contributed by atoms with E-state index in [-0.39, 0.29) is 18.0 Å². The average Bonchev–Trinajstić information content (AvgIpc) is 3.49. The predicted molar refractivity (Wildman–Crippen MR) is 116 cm³/mol. The summed E-state index contributed by atoms with van der Waals surface area (Å²) >= 11 is 0. The van der Waals surface area contributed by atoms with Gasteiger partial charge in [-0.2, -0.15) is 5.10 Å². The monoisotopic (exact) mass is 426 g/mol. The van der Waals surface area contributed by atoms with Crippen molar-refractivity contribution in [3.63, 3.8) is 0 Å². The van der Waals surface area contributed by atoms with Crippen LogP contribution in [0, 0.1) is 5.92 Å². The molecule has 1 aromatic carbocycles. The lowest BCUT2D eigenvalue weighted by atomic mass is 9.88. The van der Waals surface area contributed by atoms with E-state index in [0.717, 1.165) is 23.7 Å². The van der Waals surface area contributed by atoms with E-state index in [0.29, 0.717) is 31.5 Å². The lowest BCUT2D eigenvalue weighted by molar-refractivity contribution is -0.122. The van der Waals surface area contributed by atoms with Gasteiger partial charge in [-0.1, -0.05) is 0 Å². The number of ether oxygens (including phenoxy) is 2. The maximum absolute atomic E-state index is 12.3. The summed E-state index contributed by atoms with van der Waals surface area (Å²) in [5.74, 6) is 2.43. The summed E-state index contributed by atoms with van der Waals surface area (Å²) in [4.78, 5) is 28.2. The molecule has 8 nitrogen and oxygen atoms in total. The molecule has 3 aliphatic heterocycles. The summed E-state index contributed by atoms with van der Waals surface area (Å²) in [6.07, 6.45) is 3.07. The zero-order valence-electron chi connectivity index (χ0n) is 18.6. The second kappa shape index (κ2) is 7.14. The molecule has 5 rings (SSSR count). The molecule has 4 aliphatic rings. The van der Waals surface area contributed by atoms with Gasteiger partial charge in [-0.3, -0.25) is 4.79 Å². The molecule has 166 valence electrons. The normalized spacial score (nSPS) is 23.2. The smallest absolute Gasteiger partial charge is 0.410 e. The second-order valence-corrected chi connectivity index (χ2v) is 10.1. The summed E-state index contributed by atoms with van der Waals surface area (Å²) in [5.41, 5.74) is 5.65. The van der Waals surface area contributed by atoms with Crippen LogP contribution in [0.3, 0.4) is 0 Å². The summed E-state index contributed by atoms with van der Waals surface area (Å²) < 4.78 is 11.5. The van der Waals surface area contributed by atoms with Gasteiger partial charge in [0.2, 0.25) is 0 Å². The van der Waals surface area contributed by atoms with Gasteiger partial charge in [0.15, 0.2) is 5.84 Å². The van der Waals surface area contributed by atoms with Crippen molar-refractivity contribution in [2.75, 3.05) is 24.6 Å². The Hall–Kier alpha value is -2.77. The fraction of sp³-hybridized carbons (Fsp3) is 0.609. The molecular formula is C23H30N4O4. The molecule has 0 aromatic heterocycles. The van der Waals surface area contributed by atoms with E-state index >= 15 is 0 Å². The van der Waals surface area contributed by atoms with E-state index in [1.54, 1.807) is 4.90 Å². The number of rotatable bonds is 3. The van der Waals surface area contributed by atoms with Gasteiger partial charge in [0.25, 0.3) is 5.91 Å². The third kappa shape index (κ3) is 3.83. The first-order valence-electron chi connectivity index (χ1n) is 11.1. The number of hydrazone groups is 1. The van der Waals surface area contributed by atoms with Gasteiger partial charge in [-0.15, -0.1) is 0 Å². The first-order chi connectivity index (χ1) is 14.7. The van der Waals surface area contributed by atoms with Crippen molar-refractivity contribution in [3.05, 3.63) is 23.3 Å². The molecule has 1 aromatic rings. The zero-order chi connectivity index (χ0) is 21.9. The van der Waals surface area contributed by atoms with Crippen LogP contribution in [-0.2, 0) is 16.0 Å². The molecule has 1 saturated carbocycles. The van der Waals surface area contributed by atoms with Crippen molar-refractivity contribution in [1.82, 2.24) is 10.3 Å². The molecule has 2 amide bonds. The number of amidine groups is 1. The van der Waals surface area contributed by atoms with E-state index in [1.807, 2.05) is 32.6 Å². The Morgan fingerprint density at radius 1 is 1.29 bits per heavy atom. The molecule has 0 radical (unpaired) electrons. The summed E-state index contributed by atoms with van der Waals surface area (Å²) in [5, 5.41) is 4.19. The highest BCUT2D eigenvalue weighted by atomic mass is 16.6. The fourth-order valence-electron chi connectivity index (χ4n) is 4.57. The minimum absolute atomic E-state index is 0.114. The second-order valence-electron chi connectivity index (χ2n) is 10.1. The lowest BCUT2D eigenvalue weighted by Crippen LogP contribution is -2.55. The van der Waals surface area contributed by atoms with E-state index in [1.165, 1.54) is 24.0 Å². The van der Waals surface area contributed by atoms with E-state index in [2.05, 4.69) is 22.7 Å². The molecule has 1 aliphatic carbocycles. The molecular weight excluding hydrogens is 396 g/mol. The predicted octanol–water partition coefficient (Wildman–Crippen LogP) is 3.00. The van der Waals surface area contributed by atoms with Crippen LogP contribution in [0.15, 0.2) is 17.2 Å². The molecule has 2 fully saturated rings. The molecule has 1 saturated heterocycles. The Kier molecular flexibility index (Phi) is 4.64. The molecule has 1 N–H and O–H groups in total. The maximum Gasteiger partial charge on any atom is 0.410 e. The van der Waals surface area contributed by atoms with Crippen LogP contribution in [0.25, 0.3) is 0 Å². The van der Waals surface area contributed by atoms with Gasteiger partial charge in [-0.05, 0) is 82.1 Å². The number of benzene rings is 1. The molecule has 0 unspecified atom stereocenters. The summed E-state index contributed by atoms with van der Waals surface area (Å²) in [6, 6.07) is 4.02. The number of fused-ring (bicyclic) bond motifs is 3. The SMILES string of the molecule is C[C@@H]1C(=O)NN=C2COc3cc(C4CC4)c(CC4CN(C(=O)OC(C)(C)C)C4)cc3N21. The van der Waals surface area contributed by atoms with Crippen molar-refractivity contribution in [2.24, 2.45) is 11.0 Å². The first-order valence-corrected chi connectivity index (χ1v) is 11.1. The molecule has 0 bridgehead atoms. The van der Waals surface area contributed by atoms with Gasteiger partial charge in [0.05, 0.1) is 5.69 Å². The van der Waals surface area contributed by atoms with Crippen LogP contribution in [-0.4, -0.2) is 54.1 Å². The first kappa shape index (κ1) is 20.2. The van der Waals surface area contributed by atoms with Crippen molar-refractivity contribution in [3.8, 4) is 5.75 Å². The molecule has 8 heteroatoms. The van der Waals surface area contributed by atoms with Gasteiger partial charge < -0.3 is 19.3 Å². The number of carbonyl (C=O) groups is 2. The number of likely N-dealkylation sites (tertiary alicyclic amines) is 1. The van der Waals surface area contributed by atoms with Crippen LogP contribution < -0.4 is 15.1 Å². The van der Waals surface area contributed by atoms with Crippen LogP contribution in [0.1, 0.15) is 57.6 Å². The third-order valence-corrected chi connectivity index (χ3v) is 6.31. The quantitative estimate of drug-likeness (QED) is 0.803. The molecule has 3 heterocycles. The average molecular weight is 427 g/mol. The van der Waals surface area contributed by atoms with Gasteiger partial charge >= 0.3 is 6.09 Å². The number of nitrogens with one attached hydrogen (secondary N) is 1. The van der Waals surface area contributed by atoms with Crippen molar-refractivity contribution < 1.29 is 19.1 Å². The summed E-state index contributed by atoms with van der Waals surface area (Å²) in [6.45, 7) is 9.33. The van der Waals surface area contributed by atoms with Crippen molar-refractivity contribution in [2.45, 2.75) is 64.5 Å². The van der Waals surface area contributed by atoms with Crippen molar-refractivity contribution in [1.29, 1.82) is 0 Å². The van der Waals surface area contributed by atoms with Gasteiger partial charge in [0.1, 0.15) is 24.0 Å². The Labute approximate surface area is 182 Å². The van der Waals surface area contributed by atoms with Gasteiger partial charge in [0, 0.05) is 13.1 Å². The molecule has 0 spiro atoms. The van der Waals surface area contributed by atoms with E-state index in [9.17, 15) is 9.59 Å². The van der Waals surface area contributed by atoms with Crippen LogP contribution >= 0.6 is 0 Å². The van der Waals surface area contributed by atoms with E-state index in [4.69, 9.17) is 9.47 Å². The van der Waals surface area contributed by atoms with Crippen LogP contribution in [0.2, 0.25) is 0 Å².